The molecule has 1 saturated heterocycles. The lowest BCUT2D eigenvalue weighted by Gasteiger charge is -2.46. The molecule has 5 rings (SSSR count). The second kappa shape index (κ2) is 5.42. The van der Waals surface area contributed by atoms with Gasteiger partial charge in [0.25, 0.3) is 0 Å². The van der Waals surface area contributed by atoms with Gasteiger partial charge in [0.1, 0.15) is 11.2 Å². The van der Waals surface area contributed by atoms with Crippen molar-refractivity contribution in [2.24, 2.45) is 28.6 Å². The smallest absolute Gasteiger partial charge is 0.315 e. The molecule has 1 aliphatic heterocycles. The van der Waals surface area contributed by atoms with Gasteiger partial charge in [-0.15, -0.1) is 0 Å². The van der Waals surface area contributed by atoms with Gasteiger partial charge in [0.05, 0.1) is 27.3 Å². The van der Waals surface area contributed by atoms with E-state index >= 15 is 0 Å². The molecule has 0 amide bonds. The number of carbonyl (C=O) groups excluding carboxylic acids is 3. The third-order valence-electron chi connectivity index (χ3n) is 8.49. The molecular formula is C22H28O7. The second-order valence-electron chi connectivity index (χ2n) is 9.55. The van der Waals surface area contributed by atoms with E-state index in [-0.39, 0.29) is 19.3 Å². The highest BCUT2D eigenvalue weighted by Crippen LogP contribution is 2.78. The van der Waals surface area contributed by atoms with Crippen LogP contribution in [0.25, 0.3) is 0 Å². The van der Waals surface area contributed by atoms with Crippen LogP contribution < -0.4 is 0 Å². The quantitative estimate of drug-likeness (QED) is 0.423. The Morgan fingerprint density at radius 2 is 2.21 bits per heavy atom. The summed E-state index contributed by atoms with van der Waals surface area (Å²) in [5, 5.41) is 11.0. The molecule has 7 nitrogen and oxygen atoms in total. The number of esters is 3. The summed E-state index contributed by atoms with van der Waals surface area (Å²) < 4.78 is 50.5. The lowest BCUT2D eigenvalue weighted by atomic mass is 9.59. The van der Waals surface area contributed by atoms with Crippen LogP contribution in [0.15, 0.2) is 12.1 Å². The number of methoxy groups -OCH3 is 1. The van der Waals surface area contributed by atoms with Gasteiger partial charge in [0, 0.05) is 21.5 Å². The molecule has 0 aromatic rings. The molecule has 5 fully saturated rings. The van der Waals surface area contributed by atoms with E-state index in [1.165, 1.54) is 21.0 Å². The number of hydrogen-bond acceptors (Lipinski definition) is 7. The van der Waals surface area contributed by atoms with Crippen LogP contribution in [0.4, 0.5) is 0 Å². The molecule has 158 valence electrons. The predicted molar refractivity (Wildman–Crippen MR) is 99.2 cm³/mol. The van der Waals surface area contributed by atoms with E-state index in [0.29, 0.717) is 12.0 Å². The highest BCUT2D eigenvalue weighted by atomic mass is 16.6. The first-order chi connectivity index (χ1) is 15.3. The van der Waals surface area contributed by atoms with Crippen molar-refractivity contribution in [3.05, 3.63) is 12.1 Å². The number of fused-ring (bicyclic) bond motifs is 1. The molecule has 1 spiro atoms. The lowest BCUT2D eigenvalue weighted by molar-refractivity contribution is -0.169. The fourth-order valence-electron chi connectivity index (χ4n) is 7.53. The zero-order chi connectivity index (χ0) is 24.3. The molecule has 7 heteroatoms. The third kappa shape index (κ3) is 1.91. The first kappa shape index (κ1) is 15.0. The molecule has 0 aromatic heterocycles. The van der Waals surface area contributed by atoms with Crippen molar-refractivity contribution in [1.29, 1.82) is 0 Å². The molecule has 4 bridgehead atoms. The van der Waals surface area contributed by atoms with E-state index in [2.05, 4.69) is 0 Å². The standard InChI is InChI=1S/C22H28O7/c1-11-9-20-10-21(11,28-12(2)23)7-5-13(20)22-8-6-14(24)19(3,18(26)29-22)16(22)15(20)17(25)27-4/h13-16,24H,1,5-10H2,2-4H3/t13-,14+,15-,16-,19+,20+,21+,22-/m1/s1/i1D2,6D,8D/t6-,8-,13-,14+,15-,16-,19+,20+,21+,22-. The lowest BCUT2D eigenvalue weighted by Crippen LogP contribution is -2.53. The number of aliphatic hydroxyl groups excluding tert-OH is 1. The average Bonchev–Trinajstić information content (AvgIpc) is 3.23. The first-order valence-electron chi connectivity index (χ1n) is 12.2. The van der Waals surface area contributed by atoms with E-state index in [1.54, 1.807) is 0 Å². The number of ether oxygens (including phenoxy) is 3. The Balaban J connectivity index is 1.78. The van der Waals surface area contributed by atoms with Gasteiger partial charge in [-0.1, -0.05) is 6.53 Å². The third-order valence-corrected chi connectivity index (χ3v) is 8.49. The highest BCUT2D eigenvalue weighted by Gasteiger charge is 2.84. The van der Waals surface area contributed by atoms with Crippen LogP contribution in [-0.4, -0.2) is 47.4 Å². The van der Waals surface area contributed by atoms with Gasteiger partial charge in [0.15, 0.2) is 0 Å². The summed E-state index contributed by atoms with van der Waals surface area (Å²) in [6, 6.07) is 0. The Bertz CT molecular complexity index is 997. The van der Waals surface area contributed by atoms with Gasteiger partial charge in [0.2, 0.25) is 0 Å². The monoisotopic (exact) mass is 408 g/mol. The predicted octanol–water partition coefficient (Wildman–Crippen LogP) is 1.91. The van der Waals surface area contributed by atoms with Crippen molar-refractivity contribution in [2.75, 3.05) is 7.11 Å². The Hall–Kier alpha value is -1.89. The molecule has 1 heterocycles. The Labute approximate surface area is 175 Å². The maximum absolute atomic E-state index is 13.4. The van der Waals surface area contributed by atoms with Crippen LogP contribution in [0.5, 0.6) is 0 Å². The molecule has 0 aromatic carbocycles. The van der Waals surface area contributed by atoms with Crippen molar-refractivity contribution in [3.8, 4) is 0 Å². The van der Waals surface area contributed by atoms with Crippen LogP contribution in [0.3, 0.4) is 0 Å². The summed E-state index contributed by atoms with van der Waals surface area (Å²) in [5.41, 5.74) is -4.99. The van der Waals surface area contributed by atoms with Crippen LogP contribution in [0, 0.1) is 28.6 Å². The molecule has 29 heavy (non-hydrogen) atoms. The van der Waals surface area contributed by atoms with Crippen molar-refractivity contribution < 1.29 is 39.2 Å². The molecule has 4 aliphatic carbocycles. The first-order valence-corrected chi connectivity index (χ1v) is 10.0. The summed E-state index contributed by atoms with van der Waals surface area (Å²) in [7, 11) is 1.23. The van der Waals surface area contributed by atoms with E-state index in [9.17, 15) is 19.5 Å². The van der Waals surface area contributed by atoms with Gasteiger partial charge in [-0.25, -0.2) is 0 Å². The Kier molecular flexibility index (Phi) is 2.80. The SMILES string of the molecule is [2H]C([2H])=C1C[C@]23C[C@@]1(OC(C)=O)CC[C@H]2[C@@]12OC(=O)[C@](C)([C@H]1[C@@H]3C(=O)OC)[C@@H](O)[C@H]([2H])[C@H]2[2H]. The topological polar surface area (TPSA) is 99.1 Å². The fourth-order valence-corrected chi connectivity index (χ4v) is 7.53. The zero-order valence-corrected chi connectivity index (χ0v) is 16.7. The summed E-state index contributed by atoms with van der Waals surface area (Å²) in [4.78, 5) is 38.6. The summed E-state index contributed by atoms with van der Waals surface area (Å²) in [6.07, 6.45) is -3.32. The Morgan fingerprint density at radius 3 is 2.86 bits per heavy atom. The van der Waals surface area contributed by atoms with E-state index < -0.39 is 83.1 Å². The van der Waals surface area contributed by atoms with E-state index in [4.69, 9.17) is 19.7 Å². The van der Waals surface area contributed by atoms with Crippen LogP contribution in [0.2, 0.25) is 0 Å². The molecule has 4 saturated carbocycles. The van der Waals surface area contributed by atoms with Crippen LogP contribution >= 0.6 is 0 Å². The molecule has 1 N–H and O–H groups in total. The minimum atomic E-state index is -1.59. The fraction of sp³-hybridized carbons (Fsp3) is 0.773. The normalized spacial score (nSPS) is 58.8. The minimum Gasteiger partial charge on any atom is -0.469 e. The highest BCUT2D eigenvalue weighted by molar-refractivity contribution is 5.86. The van der Waals surface area contributed by atoms with Crippen molar-refractivity contribution in [3.63, 3.8) is 0 Å². The van der Waals surface area contributed by atoms with Gasteiger partial charge >= 0.3 is 17.9 Å². The zero-order valence-electron chi connectivity index (χ0n) is 20.7. The average molecular weight is 408 g/mol. The van der Waals surface area contributed by atoms with Crippen LogP contribution in [-0.2, 0) is 28.6 Å². The van der Waals surface area contributed by atoms with Gasteiger partial charge in [-0.3, -0.25) is 14.4 Å². The maximum Gasteiger partial charge on any atom is 0.315 e. The van der Waals surface area contributed by atoms with Gasteiger partial charge < -0.3 is 19.3 Å². The number of rotatable bonds is 2. The minimum absolute atomic E-state index is 0.0877. The van der Waals surface area contributed by atoms with Crippen molar-refractivity contribution in [1.82, 2.24) is 0 Å². The molecule has 5 aliphatic rings. The largest absolute Gasteiger partial charge is 0.469 e. The van der Waals surface area contributed by atoms with Gasteiger partial charge in [-0.2, -0.15) is 0 Å². The summed E-state index contributed by atoms with van der Waals surface area (Å²) >= 11 is 0. The van der Waals surface area contributed by atoms with Gasteiger partial charge in [-0.05, 0) is 56.4 Å². The van der Waals surface area contributed by atoms with E-state index in [1.807, 2.05) is 0 Å². The number of hydrogen-bond donors (Lipinski definition) is 1. The number of carbonyl (C=O) groups is 3. The molecular weight excluding hydrogens is 376 g/mol. The van der Waals surface area contributed by atoms with Crippen LogP contribution in [0.1, 0.15) is 57.8 Å². The molecule has 0 unspecified atom stereocenters. The second-order valence-corrected chi connectivity index (χ2v) is 9.55. The maximum atomic E-state index is 13.4. The number of aliphatic hydroxyl groups is 1. The Morgan fingerprint density at radius 1 is 1.45 bits per heavy atom. The van der Waals surface area contributed by atoms with Crippen molar-refractivity contribution in [2.45, 2.75) is 69.6 Å². The van der Waals surface area contributed by atoms with E-state index in [0.717, 1.165) is 0 Å². The van der Waals surface area contributed by atoms with Crippen molar-refractivity contribution >= 4 is 17.9 Å². The molecule has 10 atom stereocenters. The summed E-state index contributed by atoms with van der Waals surface area (Å²) in [6.45, 7) is 2.27. The molecule has 0 radical (unpaired) electrons. The summed E-state index contributed by atoms with van der Waals surface area (Å²) in [5.74, 6) is -4.37.